The fraction of sp³-hybridized carbons (Fsp3) is 0.286. The lowest BCUT2D eigenvalue weighted by Crippen LogP contribution is -2.22. The van der Waals surface area contributed by atoms with E-state index in [2.05, 4.69) is 61.9 Å². The van der Waals surface area contributed by atoms with Gasteiger partial charge >= 0.3 is 0 Å². The van der Waals surface area contributed by atoms with Crippen LogP contribution in [-0.4, -0.2) is 115 Å². The van der Waals surface area contributed by atoms with Crippen molar-refractivity contribution < 1.29 is 48.4 Å². The molecule has 3 heterocycles. The first-order chi connectivity index (χ1) is 38.5. The van der Waals surface area contributed by atoms with E-state index in [0.29, 0.717) is 49.1 Å². The maximum atomic E-state index is 12.2. The summed E-state index contributed by atoms with van der Waals surface area (Å²) in [5.74, 6) is -0.255. The molecule has 0 amide bonds. The average Bonchev–Trinajstić information content (AvgIpc) is 4.05. The Morgan fingerprint density at radius 1 is 0.617 bits per heavy atom. The molecule has 32 heteroatoms. The molecule has 0 aliphatic carbocycles. The van der Waals surface area contributed by atoms with Crippen LogP contribution in [0.15, 0.2) is 96.1 Å². The number of methoxy groups -OCH3 is 2. The molecule has 7 rings (SSSR count). The molecule has 0 radical (unpaired) electrons. The number of thioether (sulfide) groups is 1. The average molecular weight is 1220 g/mol. The molecule has 424 valence electrons. The van der Waals surface area contributed by atoms with Gasteiger partial charge in [0.1, 0.15) is 57.5 Å². The van der Waals surface area contributed by atoms with Gasteiger partial charge in [0, 0.05) is 55.2 Å². The van der Waals surface area contributed by atoms with Gasteiger partial charge in [-0.15, -0.1) is 20.5 Å². The quantitative estimate of drug-likeness (QED) is 0.0213. The van der Waals surface area contributed by atoms with Gasteiger partial charge < -0.3 is 29.9 Å². The Kier molecular flexibility index (Phi) is 19.4. The Morgan fingerprint density at radius 2 is 1.02 bits per heavy atom. The number of hydrogen-bond acceptors (Lipinski definition) is 26. The number of aryl methyl sites for hydroxylation is 2. The minimum absolute atomic E-state index is 0.00631. The third-order valence-electron chi connectivity index (χ3n) is 12.0. The van der Waals surface area contributed by atoms with Crippen molar-refractivity contribution in [2.24, 2.45) is 20.5 Å². The monoisotopic (exact) mass is 1220 g/mol. The number of nitriles is 2. The van der Waals surface area contributed by atoms with Gasteiger partial charge in [-0.05, 0) is 100.0 Å². The molecule has 3 aromatic heterocycles. The number of aromatic nitrogens is 5. The predicted molar refractivity (Wildman–Crippen MR) is 309 cm³/mol. The van der Waals surface area contributed by atoms with Crippen LogP contribution < -0.4 is 29.9 Å². The third kappa shape index (κ3) is 14.4. The lowest BCUT2D eigenvalue weighted by Gasteiger charge is -2.25. The van der Waals surface area contributed by atoms with E-state index in [1.165, 1.54) is 52.3 Å². The van der Waals surface area contributed by atoms with E-state index in [4.69, 9.17) is 14.5 Å². The highest BCUT2D eigenvalue weighted by molar-refractivity contribution is 8.00. The van der Waals surface area contributed by atoms with Crippen LogP contribution in [0.3, 0.4) is 0 Å². The summed E-state index contributed by atoms with van der Waals surface area (Å²) in [6.07, 6.45) is 0. The number of hydrogen-bond donors (Lipinski definition) is 5. The van der Waals surface area contributed by atoms with E-state index in [9.17, 15) is 49.4 Å². The van der Waals surface area contributed by atoms with Crippen molar-refractivity contribution in [1.82, 2.24) is 23.7 Å². The number of anilines is 6. The van der Waals surface area contributed by atoms with Crippen LogP contribution in [-0.2, 0) is 30.4 Å². The first-order valence-corrected chi connectivity index (χ1v) is 31.1. The lowest BCUT2D eigenvalue weighted by atomic mass is 10.1. The van der Waals surface area contributed by atoms with E-state index in [0.717, 1.165) is 34.8 Å². The van der Waals surface area contributed by atoms with Crippen LogP contribution in [0.25, 0.3) is 22.5 Å². The molecule has 0 saturated carbocycles. The van der Waals surface area contributed by atoms with Gasteiger partial charge in [-0.2, -0.15) is 59.5 Å². The van der Waals surface area contributed by atoms with Crippen molar-refractivity contribution in [1.29, 1.82) is 10.5 Å². The largest absolute Gasteiger partial charge is 0.494 e. The standard InChI is InChI=1S/C49H51N15O11S6/c1-9-63(10-2)37-21-33(35(23-39(37)74-7)57-59-45-31(25-50)43(61-77-45)29-15-13-27(5)41(19-29)80(68,69)70)52-47-54-48(56-49(55-47)76-17-18-79(65,66)67)53-34-22-38(64(11-3)12-4)40(75-8)24-36(34)58-60-46-32(26-51)44(62-78-46)30-16-14-28(6)42(20-30)81(71,72)73/h13-16,19-24H,9-12,17-18H2,1-8H3,(H,65,66,67)(H,68,69,70)(H,71,72,73)(H2,52,53,54,55,56)/b59-57+,60-58+. The van der Waals surface area contributed by atoms with Crippen LogP contribution >= 0.6 is 34.8 Å². The zero-order valence-electron chi connectivity index (χ0n) is 44.4. The normalized spacial score (nSPS) is 11.9. The van der Waals surface area contributed by atoms with Gasteiger partial charge in [0.2, 0.25) is 11.9 Å². The summed E-state index contributed by atoms with van der Waals surface area (Å²) in [5.41, 5.74) is 3.22. The van der Waals surface area contributed by atoms with Crippen LogP contribution in [0.4, 0.5) is 56.0 Å². The van der Waals surface area contributed by atoms with Crippen LogP contribution in [0.1, 0.15) is 49.9 Å². The molecule has 0 spiro atoms. The Labute approximate surface area is 479 Å². The maximum Gasteiger partial charge on any atom is 0.294 e. The first-order valence-electron chi connectivity index (χ1n) is 24.1. The molecule has 0 unspecified atom stereocenters. The Morgan fingerprint density at radius 3 is 1.37 bits per heavy atom. The number of ether oxygens (including phenoxy) is 2. The van der Waals surface area contributed by atoms with E-state index in [1.807, 2.05) is 37.5 Å². The summed E-state index contributed by atoms with van der Waals surface area (Å²) in [7, 11) is -10.7. The molecule has 4 aromatic carbocycles. The number of nitrogens with one attached hydrogen (secondary N) is 2. The Bertz CT molecular complexity index is 3790. The van der Waals surface area contributed by atoms with E-state index in [-0.39, 0.29) is 110 Å². The second kappa shape index (κ2) is 25.8. The summed E-state index contributed by atoms with van der Waals surface area (Å²) >= 11 is 2.53. The van der Waals surface area contributed by atoms with Crippen molar-refractivity contribution in [3.63, 3.8) is 0 Å². The molecule has 0 saturated heterocycles. The molecular weight excluding hydrogens is 1170 g/mol. The molecule has 81 heavy (non-hydrogen) atoms. The van der Waals surface area contributed by atoms with E-state index >= 15 is 0 Å². The SMILES string of the molecule is CCN(CC)c1cc(Nc2nc(Nc3cc(N(CC)CC)c(OC)cc3/N=N/c3snc(-c4ccc(C)c(S(=O)(=O)O)c4)c3C#N)nc(SCCS(=O)(=O)O)n2)c(/N=N/c2snc(-c3ccc(C)c(S(=O)(=O)O)c3)c2C#N)cc1OC. The van der Waals surface area contributed by atoms with Crippen molar-refractivity contribution >= 4 is 121 Å². The lowest BCUT2D eigenvalue weighted by molar-refractivity contribution is 0.414. The van der Waals surface area contributed by atoms with Gasteiger partial charge in [0.25, 0.3) is 30.4 Å². The van der Waals surface area contributed by atoms with E-state index in [1.54, 1.807) is 36.4 Å². The fourth-order valence-electron chi connectivity index (χ4n) is 7.99. The highest BCUT2D eigenvalue weighted by Gasteiger charge is 2.24. The van der Waals surface area contributed by atoms with Crippen molar-refractivity contribution in [2.45, 2.75) is 56.5 Å². The molecule has 0 aliphatic rings. The van der Waals surface area contributed by atoms with Crippen LogP contribution in [0.5, 0.6) is 11.5 Å². The highest BCUT2D eigenvalue weighted by atomic mass is 32.2. The van der Waals surface area contributed by atoms with Crippen molar-refractivity contribution in [3.8, 4) is 46.2 Å². The Hall–Kier alpha value is -7.79. The van der Waals surface area contributed by atoms with Crippen LogP contribution in [0, 0.1) is 36.5 Å². The van der Waals surface area contributed by atoms with E-state index < -0.39 is 36.1 Å². The van der Waals surface area contributed by atoms with Gasteiger partial charge in [0.15, 0.2) is 15.2 Å². The molecule has 0 atom stereocenters. The Balaban J connectivity index is 1.35. The minimum atomic E-state index is -4.61. The molecule has 0 bridgehead atoms. The fourth-order valence-corrected chi connectivity index (χ4v) is 12.5. The number of rotatable bonds is 24. The predicted octanol–water partition coefficient (Wildman–Crippen LogP) is 11.0. The van der Waals surface area contributed by atoms with Gasteiger partial charge in [0.05, 0.1) is 52.5 Å². The van der Waals surface area contributed by atoms with Gasteiger partial charge in [-0.25, -0.2) is 0 Å². The maximum absolute atomic E-state index is 12.2. The molecule has 5 N–H and O–H groups in total. The highest BCUT2D eigenvalue weighted by Crippen LogP contribution is 2.45. The third-order valence-corrected chi connectivity index (χ3v) is 17.3. The number of benzene rings is 4. The minimum Gasteiger partial charge on any atom is -0.494 e. The molecule has 7 aromatic rings. The number of nitrogens with zero attached hydrogens (tertiary/aromatic N) is 13. The molecule has 0 aliphatic heterocycles. The summed E-state index contributed by atoms with van der Waals surface area (Å²) in [6.45, 7) is 13.0. The second-order valence-electron chi connectivity index (χ2n) is 17.0. The summed E-state index contributed by atoms with van der Waals surface area (Å²) in [6, 6.07) is 19.3. The van der Waals surface area contributed by atoms with Gasteiger partial charge in [-0.1, -0.05) is 36.0 Å². The first kappa shape index (κ1) is 60.8. The molecule has 0 fully saturated rings. The van der Waals surface area contributed by atoms with Crippen molar-refractivity contribution in [3.05, 3.63) is 82.9 Å². The summed E-state index contributed by atoms with van der Waals surface area (Å²) < 4.78 is 122. The molecule has 26 nitrogen and oxygen atoms in total. The second-order valence-corrected chi connectivity index (χ2v) is 24.0. The zero-order valence-corrected chi connectivity index (χ0v) is 49.3. The van der Waals surface area contributed by atoms with Crippen molar-refractivity contribution in [2.75, 3.05) is 72.3 Å². The summed E-state index contributed by atoms with van der Waals surface area (Å²) in [4.78, 5) is 17.2. The van der Waals surface area contributed by atoms with Gasteiger partial charge in [-0.3, -0.25) is 13.7 Å². The van der Waals surface area contributed by atoms with Crippen LogP contribution in [0.2, 0.25) is 0 Å². The zero-order chi connectivity index (χ0) is 59.0. The summed E-state index contributed by atoms with van der Waals surface area (Å²) in [5, 5.41) is 45.1. The topological polar surface area (TPSA) is 374 Å². The molecular formula is C49H51N15O11S6. The number of azo groups is 2. The smallest absolute Gasteiger partial charge is 0.294 e.